The van der Waals surface area contributed by atoms with Crippen LogP contribution in [-0.4, -0.2) is 0 Å². The largest absolute Gasteiger partial charge is 0.0651 e. The van der Waals surface area contributed by atoms with Gasteiger partial charge in [-0.15, -0.1) is 0 Å². The minimum Gasteiger partial charge on any atom is -0.0651 e. The summed E-state index contributed by atoms with van der Waals surface area (Å²) in [5.41, 5.74) is 2.40. The minimum atomic E-state index is 0.572. The van der Waals surface area contributed by atoms with Crippen molar-refractivity contribution in [2.24, 2.45) is 276 Å². The Bertz CT molecular complexity index is 3130. The molecule has 0 N–H and O–H groups in total. The lowest BCUT2D eigenvalue weighted by molar-refractivity contribution is 0.0121. The van der Waals surface area contributed by atoms with Crippen molar-refractivity contribution in [3.05, 3.63) is 0 Å². The van der Waals surface area contributed by atoms with Crippen molar-refractivity contribution in [3.63, 3.8) is 0 Å². The van der Waals surface area contributed by atoms with E-state index in [4.69, 9.17) is 0 Å². The molecule has 0 nitrogen and oxygen atoms in total. The maximum atomic E-state index is 2.59. The first-order valence-electron chi connectivity index (χ1n) is 69.1. The summed E-state index contributed by atoms with van der Waals surface area (Å²) in [6.45, 7) is 86.0. The summed E-state index contributed by atoms with van der Waals surface area (Å²) in [6.07, 6.45) is 95.8. The Kier molecular flexibility index (Phi) is 56.6. The standard InChI is InChI=1S/C19H36.C18H34.2C17H32.C16H30.C15H28.C12H20.C12H24.2C10H20/c1-13-7-9-17(11-15(13)3)19(5,6)18-10-8-14(2)16(4)12-18;1-12-6-8-17(10-14(12)3)16(5)18-9-7-13(2)15(4)11-18;1-13-5-9-15(10-6-13)17(3,4)16-11-7-14(2)8-12-16;1-12-5-7-16(9-14(12)3)11-17-8-6-13(2)15(4)10-17;1-12-4-8-15(9-5-12)14(3)16-10-6-13(2)7-11-16;1-12-3-7-14(8-4-12)11-15-9-5-13(2)6-10-15;1-7-3-11-9-5-8(2)10(6-9)12(11)4-7;1-6-12(5)8-10(2)7-11(3,4)9-12;1-3-9-5-7-10(4-2)8-6-9;1-3-9-6-5-7-10(4-2)8-9/h13-18H,7-12H2,1-6H3;12-18H,6-11H2,1-5H3;13-16H,5-12H2,1-4H3;12-17H,5-11H2,1-4H3;12-16H,4-11H2,1-3H3;12-15H,3-11H2,1-2H3;7-12H,3-6H2,1-2H3;10H,6-9H2,1-5H3;2*9-10H,3-8H2,1-2H3. The van der Waals surface area contributed by atoms with Crippen LogP contribution in [0.5, 0.6) is 0 Å². The zero-order valence-corrected chi connectivity index (χ0v) is 107. The number of fused-ring (bicyclic) bond motifs is 5. The molecule has 0 amide bonds. The molecule has 18 aliphatic carbocycles. The van der Waals surface area contributed by atoms with Crippen LogP contribution in [-0.2, 0) is 0 Å². The Labute approximate surface area is 923 Å². The van der Waals surface area contributed by atoms with Gasteiger partial charge in [0.25, 0.3) is 0 Å². The van der Waals surface area contributed by atoms with E-state index in [1.807, 2.05) is 0 Å². The van der Waals surface area contributed by atoms with Gasteiger partial charge in [-0.2, -0.15) is 0 Å². The van der Waals surface area contributed by atoms with Gasteiger partial charge in [0.15, 0.2) is 0 Å². The van der Waals surface area contributed by atoms with Gasteiger partial charge in [0.1, 0.15) is 0 Å². The van der Waals surface area contributed by atoms with E-state index < -0.39 is 0 Å². The van der Waals surface area contributed by atoms with E-state index in [2.05, 4.69) is 242 Å². The smallest absolute Gasteiger partial charge is 0.0297 e. The van der Waals surface area contributed by atoms with E-state index in [0.717, 1.165) is 249 Å². The monoisotopic (exact) mass is 2030 g/mol. The number of rotatable bonds is 17. The van der Waals surface area contributed by atoms with E-state index in [1.165, 1.54) is 378 Å². The number of hydrogen-bond donors (Lipinski definition) is 0. The van der Waals surface area contributed by atoms with E-state index in [9.17, 15) is 0 Å². The highest BCUT2D eigenvalue weighted by Crippen LogP contribution is 2.63. The van der Waals surface area contributed by atoms with Crippen LogP contribution in [0.1, 0.15) is 653 Å². The molecule has 860 valence electrons. The Hall–Kier alpha value is 0. The summed E-state index contributed by atoms with van der Waals surface area (Å²) in [5, 5.41) is 0. The van der Waals surface area contributed by atoms with Gasteiger partial charge in [-0.05, 0) is 456 Å². The van der Waals surface area contributed by atoms with Gasteiger partial charge in [0, 0.05) is 0 Å². The van der Waals surface area contributed by atoms with Crippen molar-refractivity contribution in [1.29, 1.82) is 0 Å². The highest BCUT2D eigenvalue weighted by molar-refractivity contribution is 5.04. The molecular weight excluding hydrogens is 1750 g/mol. The van der Waals surface area contributed by atoms with E-state index >= 15 is 0 Å². The molecule has 0 aromatic carbocycles. The van der Waals surface area contributed by atoms with Gasteiger partial charge < -0.3 is 0 Å². The Balaban J connectivity index is 0.000000182. The maximum Gasteiger partial charge on any atom is -0.0297 e. The molecule has 18 saturated carbocycles. The third kappa shape index (κ3) is 41.9. The first kappa shape index (κ1) is 129. The van der Waals surface area contributed by atoms with Gasteiger partial charge in [0.05, 0.1) is 0 Å². The summed E-state index contributed by atoms with van der Waals surface area (Å²) < 4.78 is 0. The average molecular weight is 2030 g/mol. The summed E-state index contributed by atoms with van der Waals surface area (Å²) in [7, 11) is 0. The molecule has 0 radical (unpaired) electrons. The first-order chi connectivity index (χ1) is 69.1. The highest BCUT2D eigenvalue weighted by atomic mass is 14.6. The maximum absolute atomic E-state index is 2.59. The van der Waals surface area contributed by atoms with E-state index in [1.54, 1.807) is 38.5 Å². The lowest BCUT2D eigenvalue weighted by atomic mass is 9.57. The second kappa shape index (κ2) is 63.9. The third-order valence-electron chi connectivity index (χ3n) is 51.5. The summed E-state index contributed by atoms with van der Waals surface area (Å²) in [4.78, 5) is 0. The van der Waals surface area contributed by atoms with Crippen LogP contribution in [0.2, 0.25) is 0 Å². The molecule has 0 aromatic rings. The van der Waals surface area contributed by atoms with Crippen molar-refractivity contribution >= 4 is 0 Å². The lowest BCUT2D eigenvalue weighted by Crippen LogP contribution is -2.40. The molecule has 0 heterocycles. The fourth-order valence-corrected chi connectivity index (χ4v) is 37.8. The fraction of sp³-hybridized carbons (Fsp3) is 1.00. The number of hydrogen-bond acceptors (Lipinski definition) is 0. The molecule has 0 aliphatic heterocycles. The molecule has 28 atom stereocenters. The molecule has 0 aromatic heterocycles. The van der Waals surface area contributed by atoms with Crippen molar-refractivity contribution < 1.29 is 0 Å². The van der Waals surface area contributed by atoms with Gasteiger partial charge >= 0.3 is 0 Å². The summed E-state index contributed by atoms with van der Waals surface area (Å²) >= 11 is 0. The van der Waals surface area contributed by atoms with Crippen molar-refractivity contribution in [1.82, 2.24) is 0 Å². The molecule has 2 bridgehead atoms. The normalized spacial score (nSPS) is 44.4. The zero-order chi connectivity index (χ0) is 107. The quantitative estimate of drug-likeness (QED) is 0.136. The second-order valence-corrected chi connectivity index (χ2v) is 64.5. The van der Waals surface area contributed by atoms with Crippen molar-refractivity contribution in [2.45, 2.75) is 653 Å². The van der Waals surface area contributed by atoms with E-state index in [-0.39, 0.29) is 0 Å². The Morgan fingerprint density at radius 3 is 0.842 bits per heavy atom. The molecule has 18 rings (SSSR count). The van der Waals surface area contributed by atoms with Gasteiger partial charge in [0.2, 0.25) is 0 Å². The van der Waals surface area contributed by atoms with Gasteiger partial charge in [-0.3, -0.25) is 0 Å². The zero-order valence-electron chi connectivity index (χ0n) is 107. The highest BCUT2D eigenvalue weighted by Gasteiger charge is 2.54. The SMILES string of the molecule is CC1CC2C3CC(C)C(C3)C2C1.CC1CCC(C(C)(C)C2CCC(C)C(C)C2)CC1C.CC1CCC(C(C)(C)C2CCC(C)CC2)CC1.CC1CCC(C(C)C2CCC(C)C(C)C2)CC1C.CC1CCC(C(C)C2CCC(C)CC2)CC1.CC1CCC(CC2CCC(C)C(C)C2)CC1C.CC1CCC(CC2CCC(C)CC2)CC1.CCC1(C)CC(C)CC(C)(C)C1.CCC1CCC(CC)CC1.CCC1CCCC(CC)C1. The van der Waals surface area contributed by atoms with Crippen LogP contribution in [0, 0.1) is 276 Å². The molecule has 146 heavy (non-hydrogen) atoms. The fourth-order valence-electron chi connectivity index (χ4n) is 37.8. The summed E-state index contributed by atoms with van der Waals surface area (Å²) in [6, 6.07) is 0. The Morgan fingerprint density at radius 2 is 0.500 bits per heavy atom. The molecule has 0 saturated heterocycles. The predicted octanol–water partition coefficient (Wildman–Crippen LogP) is 48.2. The van der Waals surface area contributed by atoms with E-state index in [0.29, 0.717) is 21.7 Å². The lowest BCUT2D eigenvalue weighted by Gasteiger charge is -2.49. The second-order valence-electron chi connectivity index (χ2n) is 64.5. The van der Waals surface area contributed by atoms with Gasteiger partial charge in [-0.25, -0.2) is 0 Å². The first-order valence-corrected chi connectivity index (χ1v) is 69.1. The van der Waals surface area contributed by atoms with Crippen LogP contribution < -0.4 is 0 Å². The Morgan fingerprint density at radius 1 is 0.212 bits per heavy atom. The van der Waals surface area contributed by atoms with Crippen LogP contribution in [0.25, 0.3) is 0 Å². The average Bonchev–Trinajstić information content (AvgIpc) is 1.59. The summed E-state index contributed by atoms with van der Waals surface area (Å²) in [5.74, 6) is 44.1. The van der Waals surface area contributed by atoms with Crippen LogP contribution >= 0.6 is 0 Å². The van der Waals surface area contributed by atoms with Crippen molar-refractivity contribution in [2.75, 3.05) is 0 Å². The topological polar surface area (TPSA) is 0 Å². The van der Waals surface area contributed by atoms with Crippen LogP contribution in [0.15, 0.2) is 0 Å². The van der Waals surface area contributed by atoms with Crippen LogP contribution in [0.3, 0.4) is 0 Å². The van der Waals surface area contributed by atoms with Gasteiger partial charge in [-0.1, -0.05) is 473 Å². The van der Waals surface area contributed by atoms with Crippen molar-refractivity contribution in [3.8, 4) is 0 Å². The predicted molar refractivity (Wildman–Crippen MR) is 654 cm³/mol. The minimum absolute atomic E-state index is 0.572. The van der Waals surface area contributed by atoms with Crippen LogP contribution in [0.4, 0.5) is 0 Å². The molecular formula is C146H276. The third-order valence-corrected chi connectivity index (χ3v) is 51.5. The molecule has 18 aliphatic rings. The molecule has 28 unspecified atom stereocenters. The molecule has 0 spiro atoms. The molecule has 18 fully saturated rings. The molecule has 0 heteroatoms.